The van der Waals surface area contributed by atoms with E-state index in [1.54, 1.807) is 18.2 Å². The fourth-order valence-corrected chi connectivity index (χ4v) is 3.65. The van der Waals surface area contributed by atoms with Crippen molar-refractivity contribution >= 4 is 32.5 Å². The molecule has 3 aromatic rings. The maximum absolute atomic E-state index is 12.1. The average molecular weight is 431 g/mol. The number of nitrogens with one attached hydrogen (secondary N) is 1. The van der Waals surface area contributed by atoms with Gasteiger partial charge in [0.2, 0.25) is 0 Å². The van der Waals surface area contributed by atoms with E-state index < -0.39 is 15.8 Å². The number of Topliss-reactive ketones (excluding diaryl/α,β-unsaturated/α-hetero) is 1. The van der Waals surface area contributed by atoms with Crippen LogP contribution in [0.25, 0.3) is 10.9 Å². The Morgan fingerprint density at radius 3 is 2.37 bits per heavy atom. The Kier molecular flexibility index (Phi) is 6.23. The number of rotatable bonds is 8. The van der Waals surface area contributed by atoms with Crippen molar-refractivity contribution in [1.82, 2.24) is 4.98 Å². The van der Waals surface area contributed by atoms with Crippen LogP contribution in [0, 0.1) is 0 Å². The van der Waals surface area contributed by atoms with E-state index in [0.29, 0.717) is 28.0 Å². The van der Waals surface area contributed by atoms with Crippen LogP contribution < -0.4 is 4.74 Å². The number of esters is 1. The number of aromatic nitrogens is 1. The molecule has 0 bridgehead atoms. The lowest BCUT2D eigenvalue weighted by atomic mass is 10.0. The molecule has 30 heavy (non-hydrogen) atoms. The summed E-state index contributed by atoms with van der Waals surface area (Å²) in [6.45, 7) is -0.247. The molecule has 0 atom stereocenters. The summed E-state index contributed by atoms with van der Waals surface area (Å²) in [5.41, 5.74) is 1.43. The number of benzene rings is 2. The summed E-state index contributed by atoms with van der Waals surface area (Å²) in [6.07, 6.45) is 1.18. The number of ketones is 1. The Labute approximate surface area is 173 Å². The number of sulfone groups is 1. The SMILES string of the molecule is COC(=O)c1cc2cc(Oc3ccc(S(C)(=O)=O)cc3)cc(CC(=O)CCO)c2[nH]1. The summed E-state index contributed by atoms with van der Waals surface area (Å²) in [7, 11) is -2.04. The van der Waals surface area contributed by atoms with Gasteiger partial charge in [0, 0.05) is 36.6 Å². The van der Waals surface area contributed by atoms with Crippen LogP contribution in [0.3, 0.4) is 0 Å². The highest BCUT2D eigenvalue weighted by molar-refractivity contribution is 7.90. The number of aliphatic hydroxyl groups excluding tert-OH is 1. The minimum Gasteiger partial charge on any atom is -0.464 e. The van der Waals surface area contributed by atoms with Crippen molar-refractivity contribution in [1.29, 1.82) is 0 Å². The van der Waals surface area contributed by atoms with E-state index in [1.165, 1.54) is 31.4 Å². The Morgan fingerprint density at radius 2 is 1.77 bits per heavy atom. The molecule has 1 aromatic heterocycles. The highest BCUT2D eigenvalue weighted by Gasteiger charge is 2.16. The van der Waals surface area contributed by atoms with Crippen molar-refractivity contribution in [2.45, 2.75) is 17.7 Å². The summed E-state index contributed by atoms with van der Waals surface area (Å²) >= 11 is 0. The summed E-state index contributed by atoms with van der Waals surface area (Å²) in [4.78, 5) is 27.1. The Balaban J connectivity index is 1.99. The Morgan fingerprint density at radius 1 is 1.07 bits per heavy atom. The first kappa shape index (κ1) is 21.5. The van der Waals surface area contributed by atoms with Gasteiger partial charge in [-0.15, -0.1) is 0 Å². The van der Waals surface area contributed by atoms with Crippen LogP contribution in [0.15, 0.2) is 47.4 Å². The average Bonchev–Trinajstić information content (AvgIpc) is 3.12. The third kappa shape index (κ3) is 4.87. The lowest BCUT2D eigenvalue weighted by molar-refractivity contribution is -0.119. The third-order valence-corrected chi connectivity index (χ3v) is 5.58. The molecule has 9 heteroatoms. The van der Waals surface area contributed by atoms with Crippen LogP contribution in [0.2, 0.25) is 0 Å². The second-order valence-electron chi connectivity index (χ2n) is 6.76. The summed E-state index contributed by atoms with van der Waals surface area (Å²) < 4.78 is 33.8. The van der Waals surface area contributed by atoms with Crippen LogP contribution in [-0.2, 0) is 25.8 Å². The van der Waals surface area contributed by atoms with Gasteiger partial charge in [0.25, 0.3) is 0 Å². The van der Waals surface area contributed by atoms with Crippen molar-refractivity contribution < 1.29 is 32.6 Å². The monoisotopic (exact) mass is 431 g/mol. The van der Waals surface area contributed by atoms with E-state index in [-0.39, 0.29) is 35.8 Å². The molecular formula is C21H21NO7S. The number of hydrogen-bond acceptors (Lipinski definition) is 7. The van der Waals surface area contributed by atoms with E-state index in [2.05, 4.69) is 4.98 Å². The normalized spacial score (nSPS) is 11.4. The van der Waals surface area contributed by atoms with Gasteiger partial charge in [-0.2, -0.15) is 0 Å². The van der Waals surface area contributed by atoms with Gasteiger partial charge >= 0.3 is 5.97 Å². The molecule has 0 spiro atoms. The zero-order valence-electron chi connectivity index (χ0n) is 16.5. The molecule has 3 rings (SSSR count). The van der Waals surface area contributed by atoms with Gasteiger partial charge < -0.3 is 19.6 Å². The van der Waals surface area contributed by atoms with Gasteiger partial charge in [-0.25, -0.2) is 13.2 Å². The summed E-state index contributed by atoms with van der Waals surface area (Å²) in [6, 6.07) is 10.9. The zero-order valence-corrected chi connectivity index (χ0v) is 17.3. The van der Waals surface area contributed by atoms with Crippen LogP contribution >= 0.6 is 0 Å². The standard InChI is InChI=1S/C21H21NO7S/c1-28-21(25)19-12-14-11-17(10-13(20(14)22-19)9-15(24)7-8-23)29-16-3-5-18(6-4-16)30(2,26)27/h3-6,10-12,22-23H,7-9H2,1-2H3. The topological polar surface area (TPSA) is 123 Å². The molecule has 0 unspecified atom stereocenters. The fraction of sp³-hybridized carbons (Fsp3) is 0.238. The van der Waals surface area contributed by atoms with E-state index in [4.69, 9.17) is 14.6 Å². The lowest BCUT2D eigenvalue weighted by Gasteiger charge is -2.10. The molecule has 8 nitrogen and oxygen atoms in total. The molecule has 0 amide bonds. The van der Waals surface area contributed by atoms with Crippen LogP contribution in [0.1, 0.15) is 22.5 Å². The number of aliphatic hydroxyl groups is 1. The number of fused-ring (bicyclic) bond motifs is 1. The predicted molar refractivity (Wildman–Crippen MR) is 110 cm³/mol. The van der Waals surface area contributed by atoms with Crippen molar-refractivity contribution in [3.8, 4) is 11.5 Å². The van der Waals surface area contributed by atoms with Gasteiger partial charge in [-0.3, -0.25) is 4.79 Å². The quantitative estimate of drug-likeness (QED) is 0.526. The number of carbonyl (C=O) groups excluding carboxylic acids is 2. The first-order valence-corrected chi connectivity index (χ1v) is 10.9. The minimum atomic E-state index is -3.32. The van der Waals surface area contributed by atoms with E-state index in [1.807, 2.05) is 0 Å². The highest BCUT2D eigenvalue weighted by atomic mass is 32.2. The second-order valence-corrected chi connectivity index (χ2v) is 8.77. The smallest absolute Gasteiger partial charge is 0.354 e. The molecule has 2 aromatic carbocycles. The van der Waals surface area contributed by atoms with Gasteiger partial charge in [0.05, 0.1) is 12.0 Å². The summed E-state index contributed by atoms with van der Waals surface area (Å²) in [5, 5.41) is 9.65. The number of hydrogen-bond donors (Lipinski definition) is 2. The van der Waals surface area contributed by atoms with Crippen LogP contribution in [0.5, 0.6) is 11.5 Å². The maximum atomic E-state index is 12.1. The molecule has 0 aliphatic heterocycles. The van der Waals surface area contributed by atoms with E-state index in [9.17, 15) is 18.0 Å². The van der Waals surface area contributed by atoms with E-state index in [0.717, 1.165) is 6.26 Å². The van der Waals surface area contributed by atoms with Gasteiger partial charge in [-0.1, -0.05) is 0 Å². The predicted octanol–water partition coefficient (Wildman–Crippen LogP) is 2.64. The fourth-order valence-electron chi connectivity index (χ4n) is 3.02. The maximum Gasteiger partial charge on any atom is 0.354 e. The lowest BCUT2D eigenvalue weighted by Crippen LogP contribution is -2.06. The molecule has 158 valence electrons. The highest BCUT2D eigenvalue weighted by Crippen LogP contribution is 2.30. The number of methoxy groups -OCH3 is 1. The molecule has 2 N–H and O–H groups in total. The Hall–Kier alpha value is -3.17. The largest absolute Gasteiger partial charge is 0.464 e. The van der Waals surface area contributed by atoms with Crippen LogP contribution in [-0.4, -0.2) is 50.2 Å². The first-order chi connectivity index (χ1) is 14.2. The summed E-state index contributed by atoms with van der Waals surface area (Å²) in [5.74, 6) is 0.121. The molecule has 0 saturated carbocycles. The molecule has 0 radical (unpaired) electrons. The molecule has 0 fully saturated rings. The Bertz CT molecular complexity index is 1190. The number of aromatic amines is 1. The molecule has 0 saturated heterocycles. The molecular weight excluding hydrogens is 410 g/mol. The number of carbonyl (C=O) groups is 2. The van der Waals surface area contributed by atoms with E-state index >= 15 is 0 Å². The van der Waals surface area contributed by atoms with Gasteiger partial charge in [0.15, 0.2) is 9.84 Å². The first-order valence-electron chi connectivity index (χ1n) is 9.05. The van der Waals surface area contributed by atoms with Crippen molar-refractivity contribution in [2.24, 2.45) is 0 Å². The van der Waals surface area contributed by atoms with Gasteiger partial charge in [-0.05, 0) is 48.0 Å². The third-order valence-electron chi connectivity index (χ3n) is 4.45. The van der Waals surface area contributed by atoms with Gasteiger partial charge in [0.1, 0.15) is 23.0 Å². The second kappa shape index (κ2) is 8.68. The molecule has 1 heterocycles. The minimum absolute atomic E-state index is 0.0180. The van der Waals surface area contributed by atoms with Crippen molar-refractivity contribution in [3.05, 3.63) is 53.7 Å². The number of H-pyrrole nitrogens is 1. The number of ether oxygens (including phenoxy) is 2. The zero-order chi connectivity index (χ0) is 21.9. The van der Waals surface area contributed by atoms with Crippen LogP contribution in [0.4, 0.5) is 0 Å². The molecule has 0 aliphatic rings. The molecule has 0 aliphatic carbocycles. The van der Waals surface area contributed by atoms with Crippen molar-refractivity contribution in [3.63, 3.8) is 0 Å². The van der Waals surface area contributed by atoms with Crippen molar-refractivity contribution in [2.75, 3.05) is 20.0 Å².